The number of hydrogen-bond donors (Lipinski definition) is 3. The molecule has 7 aromatic carbocycles. The normalized spacial score (nSPS) is 11.5. The lowest BCUT2D eigenvalue weighted by molar-refractivity contribution is -0.0294. The number of carbonyl (C=O) groups is 4. The summed E-state index contributed by atoms with van der Waals surface area (Å²) in [7, 11) is 0. The van der Waals surface area contributed by atoms with Crippen LogP contribution in [0.5, 0.6) is 0 Å². The van der Waals surface area contributed by atoms with Crippen LogP contribution in [-0.4, -0.2) is 104 Å². The Morgan fingerprint density at radius 3 is 1.13 bits per heavy atom. The Kier molecular flexibility index (Phi) is 44.0. The Hall–Kier alpha value is -8.61. The standard InChI is InChI=1S/C22H22Cl2FN3O2.C17H14Cl2FN3.C15H17Cl2N3O2.C10H9Cl2N3.C10H18O5.C7H6BrF.C4H8O.CH2Cl2/c1-22(2,3)30-21(29)28(14-15-4-6-19(25)7-5-15)20-26-8-9-27(20)13-16-10-17(23)12-18(24)11-16;18-14-7-13(8-15(19)9-14)11-23-6-5-21-17(23)22-10-12-1-3-16(20)4-2-12;1-15(2,3)22-14(21)19-13-18-4-5-20(13)9-10-6-11(16)8-12(17)7-10;11-8-3-7(4-9(12)5-8)6-15-2-1-14-10(15)13;1-9(2,3)14-7(11)13-8(12)15-10(4,5)6;8-5-6-1-3-7(9)4-2-6;1-2-4-5-3-1;2-1-3/h4-12H,13-14H2,1-3H3;1-9H,10-11H2,(H,21,22);4-8H,9H2,1-3H3,(H,18,19,21);1-5H,6H2,(H2,13,14);1-6H3;1-4H,5H2;1-4H2;1H2. The van der Waals surface area contributed by atoms with E-state index in [1.807, 2.05) is 57.9 Å². The molecule has 658 valence electrons. The molecule has 122 heavy (non-hydrogen) atoms. The van der Waals surface area contributed by atoms with Crippen molar-refractivity contribution in [3.63, 3.8) is 0 Å². The summed E-state index contributed by atoms with van der Waals surface area (Å²) in [5.41, 5.74) is 9.57. The first-order chi connectivity index (χ1) is 57.3. The molecule has 0 bridgehead atoms. The summed E-state index contributed by atoms with van der Waals surface area (Å²) in [4.78, 5) is 64.9. The average molecular weight is 1950 g/mol. The second-order valence-corrected chi connectivity index (χ2v) is 35.0. The van der Waals surface area contributed by atoms with E-state index in [2.05, 4.69) is 51.2 Å². The van der Waals surface area contributed by atoms with Crippen LogP contribution in [0.25, 0.3) is 0 Å². The quantitative estimate of drug-likeness (QED) is 0.0352. The number of halogens is 14. The molecule has 0 atom stereocenters. The van der Waals surface area contributed by atoms with Gasteiger partial charge in [-0.15, -0.1) is 23.2 Å². The van der Waals surface area contributed by atoms with Crippen LogP contribution in [-0.2, 0) is 73.0 Å². The summed E-state index contributed by atoms with van der Waals surface area (Å²) in [5.74, 6) is 1.22. The first kappa shape index (κ1) is 104. The minimum Gasteiger partial charge on any atom is -0.444 e. The minimum atomic E-state index is -1.06. The van der Waals surface area contributed by atoms with Crippen LogP contribution in [0, 0.1) is 17.5 Å². The molecule has 1 aliphatic heterocycles. The summed E-state index contributed by atoms with van der Waals surface area (Å²) < 4.78 is 75.3. The molecule has 11 aromatic rings. The smallest absolute Gasteiger partial charge is 0.444 e. The van der Waals surface area contributed by atoms with E-state index >= 15 is 0 Å². The molecule has 36 heteroatoms. The van der Waals surface area contributed by atoms with Crippen molar-refractivity contribution < 1.29 is 60.8 Å². The summed E-state index contributed by atoms with van der Waals surface area (Å²) in [5, 5.41) is 11.5. The number of ether oxygens (including phenoxy) is 6. The van der Waals surface area contributed by atoms with Crippen molar-refractivity contribution in [3.8, 4) is 0 Å². The average Bonchev–Trinajstić information content (AvgIpc) is 1.51. The zero-order chi connectivity index (χ0) is 90.5. The summed E-state index contributed by atoms with van der Waals surface area (Å²) in [6, 6.07) is 40.1. The Balaban J connectivity index is 0.000000262. The number of anilines is 4. The first-order valence-corrected chi connectivity index (χ1v) is 42.5. The summed E-state index contributed by atoms with van der Waals surface area (Å²) >= 11 is 60.8. The number of nitrogen functional groups attached to an aromatic ring is 1. The molecule has 12 rings (SSSR count). The third-order valence-electron chi connectivity index (χ3n) is 14.9. The second-order valence-electron chi connectivity index (χ2n) is 30.1. The number of amides is 2. The van der Waals surface area contributed by atoms with Gasteiger partial charge in [0.15, 0.2) is 5.95 Å². The van der Waals surface area contributed by atoms with Crippen LogP contribution in [0.4, 0.5) is 56.1 Å². The van der Waals surface area contributed by atoms with E-state index < -0.39 is 46.9 Å². The van der Waals surface area contributed by atoms with Gasteiger partial charge < -0.3 is 57.7 Å². The lowest BCUT2D eigenvalue weighted by Gasteiger charge is -2.27. The first-order valence-electron chi connectivity index (χ1n) is 37.3. The van der Waals surface area contributed by atoms with Gasteiger partial charge in [0, 0.05) is 115 Å². The highest BCUT2D eigenvalue weighted by atomic mass is 79.9. The van der Waals surface area contributed by atoms with Crippen LogP contribution < -0.4 is 21.3 Å². The van der Waals surface area contributed by atoms with Gasteiger partial charge in [-0.3, -0.25) is 5.32 Å². The number of carbonyl (C=O) groups excluding carboxylic acids is 4. The monoisotopic (exact) mass is 1940 g/mol. The number of alkyl halides is 3. The van der Waals surface area contributed by atoms with Crippen molar-refractivity contribution in [1.29, 1.82) is 0 Å². The van der Waals surface area contributed by atoms with Crippen molar-refractivity contribution in [2.24, 2.45) is 0 Å². The fourth-order valence-electron chi connectivity index (χ4n) is 10.1. The van der Waals surface area contributed by atoms with Crippen LogP contribution in [0.3, 0.4) is 0 Å². The van der Waals surface area contributed by atoms with E-state index in [0.717, 1.165) is 63.4 Å². The topological polar surface area (TPSA) is 248 Å². The van der Waals surface area contributed by atoms with Gasteiger partial charge in [0.2, 0.25) is 17.8 Å². The van der Waals surface area contributed by atoms with Crippen LogP contribution in [0.2, 0.25) is 40.2 Å². The maximum Gasteiger partial charge on any atom is 0.519 e. The van der Waals surface area contributed by atoms with Gasteiger partial charge in [0.1, 0.15) is 39.9 Å². The molecule has 0 aliphatic carbocycles. The molecule has 0 saturated carbocycles. The predicted molar refractivity (Wildman–Crippen MR) is 487 cm³/mol. The Labute approximate surface area is 767 Å². The SMILES string of the molecule is C1CCOC1.CC(C)(C)OC(=O)N(Cc1ccc(F)cc1)c1nccn1Cc1cc(Cl)cc(Cl)c1.CC(C)(C)OC(=O)Nc1nccn1Cc1cc(Cl)cc(Cl)c1.CC(C)(C)OC(=O)OC(=O)OC(C)(C)C.ClCCl.Fc1ccc(CBr)cc1.Fc1ccc(CNc2nccn2Cc2cc(Cl)cc(Cl)c2)cc1.Nc1nccn1Cc1cc(Cl)cc(Cl)c1. The largest absolute Gasteiger partial charge is 0.519 e. The lowest BCUT2D eigenvalue weighted by Crippen LogP contribution is -2.38. The number of imidazole rings is 4. The van der Waals surface area contributed by atoms with E-state index in [-0.39, 0.29) is 29.3 Å². The predicted octanol–water partition coefficient (Wildman–Crippen LogP) is 26.5. The zero-order valence-electron chi connectivity index (χ0n) is 68.9. The molecule has 1 fully saturated rings. The highest BCUT2D eigenvalue weighted by Gasteiger charge is 2.28. The van der Waals surface area contributed by atoms with Crippen molar-refractivity contribution in [3.05, 3.63) is 292 Å². The van der Waals surface area contributed by atoms with E-state index in [1.165, 1.54) is 54.1 Å². The molecule has 22 nitrogen and oxygen atoms in total. The lowest BCUT2D eigenvalue weighted by atomic mass is 10.2. The number of benzene rings is 7. The molecule has 0 unspecified atom stereocenters. The summed E-state index contributed by atoms with van der Waals surface area (Å²) in [6.07, 6.45) is 13.1. The molecule has 1 aliphatic rings. The molecule has 4 aromatic heterocycles. The number of aromatic nitrogens is 8. The number of hydrogen-bond acceptors (Lipinski definition) is 16. The Morgan fingerprint density at radius 1 is 0.443 bits per heavy atom. The fraction of sp³-hybridized carbons (Fsp3) is 0.326. The molecule has 1 saturated heterocycles. The van der Waals surface area contributed by atoms with Gasteiger partial charge in [0.05, 0.1) is 38.1 Å². The Morgan fingerprint density at radius 2 is 0.770 bits per heavy atom. The third-order valence-corrected chi connectivity index (χ3v) is 17.3. The molecule has 4 N–H and O–H groups in total. The molecule has 0 radical (unpaired) electrons. The number of nitrogens with zero attached hydrogens (tertiary/aromatic N) is 9. The zero-order valence-corrected chi connectivity index (χ0v) is 78.1. The van der Waals surface area contributed by atoms with Gasteiger partial charge in [-0.1, -0.05) is 145 Å². The van der Waals surface area contributed by atoms with Crippen LogP contribution >= 0.6 is 132 Å². The third kappa shape index (κ3) is 43.1. The van der Waals surface area contributed by atoms with Crippen molar-refractivity contribution in [2.45, 2.75) is 163 Å². The van der Waals surface area contributed by atoms with E-state index in [9.17, 15) is 32.3 Å². The van der Waals surface area contributed by atoms with E-state index in [4.69, 9.17) is 145 Å². The van der Waals surface area contributed by atoms with Gasteiger partial charge in [0.25, 0.3) is 0 Å². The maximum absolute atomic E-state index is 13.3. The van der Waals surface area contributed by atoms with Gasteiger partial charge in [-0.25, -0.2) is 57.2 Å². The number of rotatable bonds is 16. The maximum atomic E-state index is 13.3. The molecular formula is C86H96BrCl10F3N12O10. The van der Waals surface area contributed by atoms with Gasteiger partial charge >= 0.3 is 24.5 Å². The Bertz CT molecular complexity index is 4940. The highest BCUT2D eigenvalue weighted by molar-refractivity contribution is 9.08. The second kappa shape index (κ2) is 51.6. The van der Waals surface area contributed by atoms with Crippen molar-refractivity contribution >= 4 is 180 Å². The van der Waals surface area contributed by atoms with Gasteiger partial charge in [-0.2, -0.15) is 0 Å². The van der Waals surface area contributed by atoms with Crippen molar-refractivity contribution in [1.82, 2.24) is 38.2 Å². The molecule has 5 heterocycles. The fourth-order valence-corrected chi connectivity index (χ4v) is 12.7. The number of nitrogens with two attached hydrogens (primary N) is 1. The van der Waals surface area contributed by atoms with E-state index in [0.29, 0.717) is 90.7 Å². The highest BCUT2D eigenvalue weighted by Crippen LogP contribution is 2.28. The van der Waals surface area contributed by atoms with Crippen molar-refractivity contribution in [2.75, 3.05) is 39.8 Å². The molecule has 2 amide bonds. The summed E-state index contributed by atoms with van der Waals surface area (Å²) in [6.45, 7) is 25.6. The minimum absolute atomic E-state index is 0.169. The number of nitrogens with one attached hydrogen (secondary N) is 2. The van der Waals surface area contributed by atoms with Crippen LogP contribution in [0.15, 0.2) is 195 Å². The molecular weight excluding hydrogens is 1850 g/mol. The van der Waals surface area contributed by atoms with E-state index in [1.54, 1.807) is 202 Å². The van der Waals surface area contributed by atoms with Gasteiger partial charge in [-0.05, 0) is 244 Å². The van der Waals surface area contributed by atoms with Crippen LogP contribution in [0.1, 0.15) is 135 Å². The molecule has 0 spiro atoms.